The Kier molecular flexibility index (Phi) is 3.16. The average molecular weight is 259 g/mol. The van der Waals surface area contributed by atoms with Gasteiger partial charge in [0.05, 0.1) is 21.2 Å². The number of carboxylic acids is 1. The highest BCUT2D eigenvalue weighted by atomic mass is 35.5. The van der Waals surface area contributed by atoms with Crippen LogP contribution in [0.15, 0.2) is 12.1 Å². The van der Waals surface area contributed by atoms with Crippen LogP contribution >= 0.6 is 23.2 Å². The zero-order valence-electron chi connectivity index (χ0n) is 6.90. The summed E-state index contributed by atoms with van der Waals surface area (Å²) in [4.78, 5) is 10.5. The van der Waals surface area contributed by atoms with Gasteiger partial charge in [0, 0.05) is 0 Å². The molecular weight excluding hydrogens is 256 g/mol. The minimum atomic E-state index is -4.85. The first-order chi connectivity index (χ1) is 6.75. The number of halogens is 5. The van der Waals surface area contributed by atoms with Crippen LogP contribution in [0.5, 0.6) is 0 Å². The number of carboxylic acid groups (broad SMARTS) is 1. The molecule has 2 nitrogen and oxygen atoms in total. The molecule has 1 aromatic rings. The van der Waals surface area contributed by atoms with Crippen molar-refractivity contribution in [2.24, 2.45) is 0 Å². The van der Waals surface area contributed by atoms with E-state index in [-0.39, 0.29) is 5.02 Å². The molecule has 15 heavy (non-hydrogen) atoms. The van der Waals surface area contributed by atoms with E-state index < -0.39 is 28.3 Å². The van der Waals surface area contributed by atoms with Crippen LogP contribution in [0.3, 0.4) is 0 Å². The molecule has 0 aliphatic rings. The van der Waals surface area contributed by atoms with Crippen molar-refractivity contribution in [2.45, 2.75) is 6.18 Å². The molecule has 7 heteroatoms. The first-order valence-corrected chi connectivity index (χ1v) is 4.29. The van der Waals surface area contributed by atoms with Gasteiger partial charge in [-0.15, -0.1) is 0 Å². The van der Waals surface area contributed by atoms with Crippen LogP contribution in [0, 0.1) is 0 Å². The SMILES string of the molecule is O=C(O)c1ccc(Cl)c(Cl)c1C(F)(F)F. The molecule has 0 spiro atoms. The monoisotopic (exact) mass is 258 g/mol. The Morgan fingerprint density at radius 3 is 2.20 bits per heavy atom. The Bertz CT molecular complexity index is 415. The number of hydrogen-bond acceptors (Lipinski definition) is 1. The summed E-state index contributed by atoms with van der Waals surface area (Å²) in [7, 11) is 0. The topological polar surface area (TPSA) is 37.3 Å². The first-order valence-electron chi connectivity index (χ1n) is 3.53. The van der Waals surface area contributed by atoms with Gasteiger partial charge in [-0.25, -0.2) is 4.79 Å². The van der Waals surface area contributed by atoms with Crippen molar-refractivity contribution in [3.63, 3.8) is 0 Å². The van der Waals surface area contributed by atoms with Gasteiger partial charge in [0.1, 0.15) is 0 Å². The molecular formula is C8H3Cl2F3O2. The van der Waals surface area contributed by atoms with Gasteiger partial charge in [0.15, 0.2) is 0 Å². The van der Waals surface area contributed by atoms with Crippen LogP contribution in [-0.4, -0.2) is 11.1 Å². The van der Waals surface area contributed by atoms with E-state index in [9.17, 15) is 18.0 Å². The Hall–Kier alpha value is -0.940. The van der Waals surface area contributed by atoms with Crippen LogP contribution < -0.4 is 0 Å². The Labute approximate surface area is 92.2 Å². The second-order valence-corrected chi connectivity index (χ2v) is 3.37. The fraction of sp³-hybridized carbons (Fsp3) is 0.125. The van der Waals surface area contributed by atoms with Gasteiger partial charge >= 0.3 is 12.1 Å². The minimum Gasteiger partial charge on any atom is -0.478 e. The maximum Gasteiger partial charge on any atom is 0.418 e. The van der Waals surface area contributed by atoms with Gasteiger partial charge in [-0.2, -0.15) is 13.2 Å². The van der Waals surface area contributed by atoms with Gasteiger partial charge in [0.25, 0.3) is 0 Å². The minimum absolute atomic E-state index is 0.339. The largest absolute Gasteiger partial charge is 0.478 e. The van der Waals surface area contributed by atoms with Crippen molar-refractivity contribution >= 4 is 29.2 Å². The lowest BCUT2D eigenvalue weighted by Crippen LogP contribution is -2.13. The molecule has 1 rings (SSSR count). The fourth-order valence-corrected chi connectivity index (χ4v) is 1.44. The predicted molar refractivity (Wildman–Crippen MR) is 48.4 cm³/mol. The summed E-state index contributed by atoms with van der Waals surface area (Å²) in [5.41, 5.74) is -2.35. The molecule has 0 aliphatic heterocycles. The Balaban J connectivity index is 3.57. The van der Waals surface area contributed by atoms with E-state index in [1.54, 1.807) is 0 Å². The normalized spacial score (nSPS) is 11.5. The van der Waals surface area contributed by atoms with Gasteiger partial charge in [-0.3, -0.25) is 0 Å². The summed E-state index contributed by atoms with van der Waals surface area (Å²) < 4.78 is 37.3. The Morgan fingerprint density at radius 1 is 1.27 bits per heavy atom. The maximum atomic E-state index is 12.4. The number of alkyl halides is 3. The van der Waals surface area contributed by atoms with Gasteiger partial charge in [-0.1, -0.05) is 23.2 Å². The molecule has 0 aliphatic carbocycles. The number of aromatic carboxylic acids is 1. The fourth-order valence-electron chi connectivity index (χ4n) is 1.01. The highest BCUT2D eigenvalue weighted by molar-refractivity contribution is 6.42. The molecule has 0 saturated carbocycles. The molecule has 0 atom stereocenters. The van der Waals surface area contributed by atoms with Crippen molar-refractivity contribution in [3.05, 3.63) is 33.3 Å². The third kappa shape index (κ3) is 2.35. The highest BCUT2D eigenvalue weighted by Gasteiger charge is 2.38. The van der Waals surface area contributed by atoms with Crippen LogP contribution in [0.25, 0.3) is 0 Å². The van der Waals surface area contributed by atoms with E-state index in [1.165, 1.54) is 0 Å². The number of benzene rings is 1. The molecule has 0 amide bonds. The zero-order chi connectivity index (χ0) is 11.8. The van der Waals surface area contributed by atoms with Crippen molar-refractivity contribution in [2.75, 3.05) is 0 Å². The molecule has 0 heterocycles. The van der Waals surface area contributed by atoms with E-state index in [4.69, 9.17) is 28.3 Å². The third-order valence-corrected chi connectivity index (χ3v) is 2.41. The summed E-state index contributed by atoms with van der Waals surface area (Å²) in [6.07, 6.45) is -4.85. The highest BCUT2D eigenvalue weighted by Crippen LogP contribution is 2.40. The lowest BCUT2D eigenvalue weighted by Gasteiger charge is -2.12. The molecule has 82 valence electrons. The lowest BCUT2D eigenvalue weighted by atomic mass is 10.1. The molecule has 0 fully saturated rings. The van der Waals surface area contributed by atoms with Crippen molar-refractivity contribution in [1.82, 2.24) is 0 Å². The molecule has 0 radical (unpaired) electrons. The average Bonchev–Trinajstić information content (AvgIpc) is 2.06. The summed E-state index contributed by atoms with van der Waals surface area (Å²) in [6.45, 7) is 0. The number of rotatable bonds is 1. The van der Waals surface area contributed by atoms with E-state index in [2.05, 4.69) is 0 Å². The van der Waals surface area contributed by atoms with Crippen molar-refractivity contribution in [3.8, 4) is 0 Å². The summed E-state index contributed by atoms with van der Waals surface area (Å²) >= 11 is 10.7. The quantitative estimate of drug-likeness (QED) is 0.834. The smallest absolute Gasteiger partial charge is 0.418 e. The third-order valence-electron chi connectivity index (χ3n) is 1.61. The molecule has 1 aromatic carbocycles. The second kappa shape index (κ2) is 3.90. The molecule has 1 N–H and O–H groups in total. The van der Waals surface area contributed by atoms with Crippen LogP contribution in [0.1, 0.15) is 15.9 Å². The molecule has 0 unspecified atom stereocenters. The summed E-state index contributed by atoms with van der Waals surface area (Å²) in [6, 6.07) is 1.77. The van der Waals surface area contributed by atoms with Crippen molar-refractivity contribution in [1.29, 1.82) is 0 Å². The summed E-state index contributed by atoms with van der Waals surface area (Å²) in [5.74, 6) is -1.71. The van der Waals surface area contributed by atoms with E-state index in [0.29, 0.717) is 0 Å². The molecule has 0 saturated heterocycles. The standard InChI is InChI=1S/C8H3Cl2F3O2/c9-4-2-1-3(7(14)15)5(6(4)10)8(11,12)13/h1-2H,(H,14,15). The predicted octanol–water partition coefficient (Wildman–Crippen LogP) is 3.71. The van der Waals surface area contributed by atoms with Crippen LogP contribution in [0.2, 0.25) is 10.0 Å². The van der Waals surface area contributed by atoms with Gasteiger partial charge in [0.2, 0.25) is 0 Å². The van der Waals surface area contributed by atoms with Crippen LogP contribution in [-0.2, 0) is 6.18 Å². The Morgan fingerprint density at radius 2 is 1.80 bits per heavy atom. The molecule has 0 aromatic heterocycles. The van der Waals surface area contributed by atoms with Gasteiger partial charge < -0.3 is 5.11 Å². The maximum absolute atomic E-state index is 12.4. The van der Waals surface area contributed by atoms with Crippen LogP contribution in [0.4, 0.5) is 13.2 Å². The second-order valence-electron chi connectivity index (χ2n) is 2.59. The van der Waals surface area contributed by atoms with E-state index in [1.807, 2.05) is 0 Å². The summed E-state index contributed by atoms with van der Waals surface area (Å²) in [5, 5.41) is 7.40. The molecule has 0 bridgehead atoms. The number of hydrogen-bond donors (Lipinski definition) is 1. The van der Waals surface area contributed by atoms with Gasteiger partial charge in [-0.05, 0) is 12.1 Å². The first kappa shape index (κ1) is 12.1. The lowest BCUT2D eigenvalue weighted by molar-refractivity contribution is -0.138. The zero-order valence-corrected chi connectivity index (χ0v) is 8.41. The van der Waals surface area contributed by atoms with E-state index >= 15 is 0 Å². The van der Waals surface area contributed by atoms with Crippen molar-refractivity contribution < 1.29 is 23.1 Å². The van der Waals surface area contributed by atoms with E-state index in [0.717, 1.165) is 12.1 Å². The number of carbonyl (C=O) groups is 1.